The standard InChI is InChI=1S/C21H25N5O3/c1-13-18-19(23-14(2)24-21(18)29-25-13)26-10-4-5-16(12-26)20(27)22-11-15-6-8-17(28-3)9-7-15/h6-9,16H,4-5,10-12H2,1-3H3,(H,22,27)/t16-/m1/s1. The van der Waals surface area contributed by atoms with Crippen molar-refractivity contribution in [3.8, 4) is 5.75 Å². The molecule has 3 heterocycles. The molecule has 8 heteroatoms. The van der Waals surface area contributed by atoms with Crippen LogP contribution in [0.2, 0.25) is 0 Å². The first kappa shape index (κ1) is 19.2. The monoisotopic (exact) mass is 395 g/mol. The van der Waals surface area contributed by atoms with Gasteiger partial charge in [-0.1, -0.05) is 17.3 Å². The molecule has 1 aliphatic rings. The van der Waals surface area contributed by atoms with Crippen LogP contribution in [0.4, 0.5) is 5.82 Å². The molecule has 1 saturated heterocycles. The highest BCUT2D eigenvalue weighted by Gasteiger charge is 2.28. The molecule has 3 aromatic rings. The molecule has 1 N–H and O–H groups in total. The minimum atomic E-state index is -0.0903. The lowest BCUT2D eigenvalue weighted by Crippen LogP contribution is -2.43. The number of amides is 1. The smallest absolute Gasteiger partial charge is 0.263 e. The van der Waals surface area contributed by atoms with Gasteiger partial charge in [-0.05, 0) is 44.4 Å². The molecule has 2 aromatic heterocycles. The van der Waals surface area contributed by atoms with Crippen LogP contribution in [-0.4, -0.2) is 41.2 Å². The number of anilines is 1. The Morgan fingerprint density at radius 1 is 1.28 bits per heavy atom. The number of piperidine rings is 1. The predicted octanol–water partition coefficient (Wildman–Crippen LogP) is 2.78. The van der Waals surface area contributed by atoms with Gasteiger partial charge in [0.2, 0.25) is 5.91 Å². The molecule has 1 amide bonds. The van der Waals surface area contributed by atoms with Crippen molar-refractivity contribution >= 4 is 22.8 Å². The van der Waals surface area contributed by atoms with Gasteiger partial charge in [0.15, 0.2) is 0 Å². The number of hydrogen-bond donors (Lipinski definition) is 1. The molecule has 0 unspecified atom stereocenters. The number of aryl methyl sites for hydroxylation is 2. The lowest BCUT2D eigenvalue weighted by atomic mass is 9.96. The van der Waals surface area contributed by atoms with Crippen molar-refractivity contribution in [3.63, 3.8) is 0 Å². The topological polar surface area (TPSA) is 93.4 Å². The summed E-state index contributed by atoms with van der Waals surface area (Å²) in [4.78, 5) is 23.9. The van der Waals surface area contributed by atoms with Gasteiger partial charge in [-0.2, -0.15) is 4.98 Å². The van der Waals surface area contributed by atoms with Crippen LogP contribution in [0, 0.1) is 19.8 Å². The van der Waals surface area contributed by atoms with Gasteiger partial charge in [-0.25, -0.2) is 4.98 Å². The summed E-state index contributed by atoms with van der Waals surface area (Å²) in [5.74, 6) is 2.22. The number of carbonyl (C=O) groups excluding carboxylic acids is 1. The molecule has 4 rings (SSSR count). The number of methoxy groups -OCH3 is 1. The van der Waals surface area contributed by atoms with Crippen molar-refractivity contribution in [3.05, 3.63) is 41.3 Å². The quantitative estimate of drug-likeness (QED) is 0.710. The maximum atomic E-state index is 12.8. The molecule has 1 aliphatic heterocycles. The lowest BCUT2D eigenvalue weighted by molar-refractivity contribution is -0.125. The summed E-state index contributed by atoms with van der Waals surface area (Å²) in [5, 5.41) is 7.92. The third kappa shape index (κ3) is 4.01. The van der Waals surface area contributed by atoms with Crippen molar-refractivity contribution in [2.45, 2.75) is 33.2 Å². The lowest BCUT2D eigenvalue weighted by Gasteiger charge is -2.33. The van der Waals surface area contributed by atoms with Crippen molar-refractivity contribution in [1.29, 1.82) is 0 Å². The van der Waals surface area contributed by atoms with E-state index in [1.165, 1.54) is 0 Å². The summed E-state index contributed by atoms with van der Waals surface area (Å²) in [5.41, 5.74) is 2.30. The summed E-state index contributed by atoms with van der Waals surface area (Å²) in [6.45, 7) is 5.69. The average Bonchev–Trinajstić information content (AvgIpc) is 3.12. The minimum absolute atomic E-state index is 0.0644. The summed E-state index contributed by atoms with van der Waals surface area (Å²) in [7, 11) is 1.64. The van der Waals surface area contributed by atoms with Gasteiger partial charge in [0.25, 0.3) is 5.71 Å². The van der Waals surface area contributed by atoms with Gasteiger partial charge in [0.05, 0.1) is 18.7 Å². The first-order valence-corrected chi connectivity index (χ1v) is 9.81. The van der Waals surface area contributed by atoms with Gasteiger partial charge in [-0.15, -0.1) is 0 Å². The van der Waals surface area contributed by atoms with E-state index >= 15 is 0 Å². The third-order valence-corrected chi connectivity index (χ3v) is 5.32. The fraction of sp³-hybridized carbons (Fsp3) is 0.429. The molecule has 0 aliphatic carbocycles. The van der Waals surface area contributed by atoms with Crippen LogP contribution < -0.4 is 15.0 Å². The van der Waals surface area contributed by atoms with Gasteiger partial charge in [-0.3, -0.25) is 4.79 Å². The Hall–Kier alpha value is -3.16. The van der Waals surface area contributed by atoms with Crippen molar-refractivity contribution in [1.82, 2.24) is 20.4 Å². The van der Waals surface area contributed by atoms with Crippen molar-refractivity contribution in [2.24, 2.45) is 5.92 Å². The molecule has 0 spiro atoms. The van der Waals surface area contributed by atoms with E-state index in [-0.39, 0.29) is 11.8 Å². The van der Waals surface area contributed by atoms with Gasteiger partial charge in [0.1, 0.15) is 22.8 Å². The van der Waals surface area contributed by atoms with Crippen molar-refractivity contribution in [2.75, 3.05) is 25.1 Å². The molecular weight excluding hydrogens is 370 g/mol. The van der Waals surface area contributed by atoms with E-state index in [1.807, 2.05) is 38.1 Å². The van der Waals surface area contributed by atoms with E-state index in [2.05, 4.69) is 25.3 Å². The SMILES string of the molecule is COc1ccc(CNC(=O)[C@@H]2CCCN(c3nc(C)nc4onc(C)c34)C2)cc1. The Morgan fingerprint density at radius 3 is 2.83 bits per heavy atom. The fourth-order valence-corrected chi connectivity index (χ4v) is 3.76. The Labute approximate surface area is 169 Å². The number of fused-ring (bicyclic) bond motifs is 1. The van der Waals surface area contributed by atoms with E-state index < -0.39 is 0 Å². The minimum Gasteiger partial charge on any atom is -0.497 e. The first-order valence-electron chi connectivity index (χ1n) is 9.81. The molecule has 8 nitrogen and oxygen atoms in total. The largest absolute Gasteiger partial charge is 0.497 e. The van der Waals surface area contributed by atoms with E-state index in [1.54, 1.807) is 7.11 Å². The zero-order valence-electron chi connectivity index (χ0n) is 16.9. The molecule has 29 heavy (non-hydrogen) atoms. The van der Waals surface area contributed by atoms with Gasteiger partial charge in [0, 0.05) is 19.6 Å². The second kappa shape index (κ2) is 8.06. The van der Waals surface area contributed by atoms with Crippen molar-refractivity contribution < 1.29 is 14.1 Å². The van der Waals surface area contributed by atoms with E-state index in [0.29, 0.717) is 24.6 Å². The summed E-state index contributed by atoms with van der Waals surface area (Å²) < 4.78 is 10.5. The highest BCUT2D eigenvalue weighted by atomic mass is 16.5. The number of nitrogens with one attached hydrogen (secondary N) is 1. The molecule has 152 valence electrons. The van der Waals surface area contributed by atoms with Crippen LogP contribution in [0.3, 0.4) is 0 Å². The Morgan fingerprint density at radius 2 is 2.07 bits per heavy atom. The Kier molecular flexibility index (Phi) is 5.33. The maximum absolute atomic E-state index is 12.8. The van der Waals surface area contributed by atoms with Crippen LogP contribution in [0.25, 0.3) is 11.1 Å². The average molecular weight is 395 g/mol. The normalized spacial score (nSPS) is 16.8. The maximum Gasteiger partial charge on any atom is 0.263 e. The third-order valence-electron chi connectivity index (χ3n) is 5.32. The van der Waals surface area contributed by atoms with E-state index in [9.17, 15) is 4.79 Å². The second-order valence-corrected chi connectivity index (χ2v) is 7.39. The summed E-state index contributed by atoms with van der Waals surface area (Å²) >= 11 is 0. The van der Waals surface area contributed by atoms with Gasteiger partial charge >= 0.3 is 0 Å². The second-order valence-electron chi connectivity index (χ2n) is 7.39. The number of hydrogen-bond acceptors (Lipinski definition) is 7. The Balaban J connectivity index is 1.45. The summed E-state index contributed by atoms with van der Waals surface area (Å²) in [6, 6.07) is 7.71. The number of aromatic nitrogens is 3. The fourth-order valence-electron chi connectivity index (χ4n) is 3.76. The van der Waals surface area contributed by atoms with Crippen LogP contribution >= 0.6 is 0 Å². The first-order chi connectivity index (χ1) is 14.0. The summed E-state index contributed by atoms with van der Waals surface area (Å²) in [6.07, 6.45) is 1.79. The zero-order chi connectivity index (χ0) is 20.4. The van der Waals surface area contributed by atoms with E-state index in [0.717, 1.165) is 47.6 Å². The van der Waals surface area contributed by atoms with E-state index in [4.69, 9.17) is 9.26 Å². The molecule has 0 bridgehead atoms. The molecule has 0 radical (unpaired) electrons. The molecule has 1 atom stereocenters. The predicted molar refractivity (Wildman–Crippen MR) is 109 cm³/mol. The van der Waals surface area contributed by atoms with Crippen LogP contribution in [0.1, 0.15) is 29.9 Å². The highest BCUT2D eigenvalue weighted by Crippen LogP contribution is 2.30. The zero-order valence-corrected chi connectivity index (χ0v) is 16.9. The highest BCUT2D eigenvalue weighted by molar-refractivity contribution is 5.88. The van der Waals surface area contributed by atoms with Crippen LogP contribution in [0.15, 0.2) is 28.8 Å². The number of carbonyl (C=O) groups is 1. The molecule has 1 aromatic carbocycles. The number of ether oxygens (including phenoxy) is 1. The number of rotatable bonds is 5. The molecule has 0 saturated carbocycles. The van der Waals surface area contributed by atoms with Crippen LogP contribution in [-0.2, 0) is 11.3 Å². The molecular formula is C21H25N5O3. The molecule has 1 fully saturated rings. The Bertz CT molecular complexity index is 1020. The number of nitrogens with zero attached hydrogens (tertiary/aromatic N) is 4. The van der Waals surface area contributed by atoms with Crippen LogP contribution in [0.5, 0.6) is 5.75 Å². The van der Waals surface area contributed by atoms with Gasteiger partial charge < -0.3 is 19.5 Å². The number of benzene rings is 1.